The van der Waals surface area contributed by atoms with Gasteiger partial charge in [-0.3, -0.25) is 4.79 Å². The molecular formula is C21H25N3O6S. The molecule has 9 nitrogen and oxygen atoms in total. The molecule has 0 saturated carbocycles. The van der Waals surface area contributed by atoms with Gasteiger partial charge in [0.15, 0.2) is 10.6 Å². The predicted octanol–water partition coefficient (Wildman–Crippen LogP) is 0.629. The number of carboxylic acids is 2. The molecule has 3 N–H and O–H groups in total. The van der Waals surface area contributed by atoms with Crippen LogP contribution in [0, 0.1) is 0 Å². The van der Waals surface area contributed by atoms with Gasteiger partial charge in [0, 0.05) is 38.3 Å². The maximum atomic E-state index is 12.8. The molecule has 2 heterocycles. The van der Waals surface area contributed by atoms with Gasteiger partial charge in [-0.15, -0.1) is 0 Å². The molecule has 1 aromatic carbocycles. The molecule has 0 bridgehead atoms. The minimum Gasteiger partial charge on any atom is -0.611 e. The summed E-state index contributed by atoms with van der Waals surface area (Å²) in [6, 6.07) is 8.60. The molecule has 31 heavy (non-hydrogen) atoms. The van der Waals surface area contributed by atoms with Gasteiger partial charge < -0.3 is 29.9 Å². The number of piperazine rings is 1. The van der Waals surface area contributed by atoms with Crippen molar-refractivity contribution in [2.45, 2.75) is 17.7 Å². The zero-order chi connectivity index (χ0) is 22.5. The molecule has 2 aliphatic heterocycles. The molecule has 1 atom stereocenters. The molecule has 1 fully saturated rings. The van der Waals surface area contributed by atoms with Crippen LogP contribution in [0.5, 0.6) is 0 Å². The maximum absolute atomic E-state index is 12.8. The lowest BCUT2D eigenvalue weighted by atomic mass is 9.96. The van der Waals surface area contributed by atoms with E-state index in [1.807, 2.05) is 7.05 Å². The zero-order valence-electron chi connectivity index (χ0n) is 17.2. The van der Waals surface area contributed by atoms with Crippen LogP contribution in [0.3, 0.4) is 0 Å². The average Bonchev–Trinajstić information content (AvgIpc) is 2.74. The van der Waals surface area contributed by atoms with Gasteiger partial charge in [-0.2, -0.15) is 0 Å². The van der Waals surface area contributed by atoms with Crippen molar-refractivity contribution in [1.29, 1.82) is 0 Å². The van der Waals surface area contributed by atoms with E-state index in [0.29, 0.717) is 18.0 Å². The Morgan fingerprint density at radius 2 is 1.58 bits per heavy atom. The Labute approximate surface area is 183 Å². The van der Waals surface area contributed by atoms with E-state index in [1.165, 1.54) is 0 Å². The first-order valence-electron chi connectivity index (χ1n) is 9.83. The third-order valence-electron chi connectivity index (χ3n) is 5.37. The van der Waals surface area contributed by atoms with Crippen molar-refractivity contribution in [3.8, 4) is 0 Å². The number of rotatable bonds is 7. The minimum absolute atomic E-state index is 0.120. The van der Waals surface area contributed by atoms with Crippen LogP contribution in [-0.4, -0.2) is 81.4 Å². The number of hydrogen-bond acceptors (Lipinski definition) is 6. The van der Waals surface area contributed by atoms with E-state index in [2.05, 4.69) is 10.2 Å². The van der Waals surface area contributed by atoms with Gasteiger partial charge in [0.1, 0.15) is 0 Å². The van der Waals surface area contributed by atoms with Gasteiger partial charge in [-0.25, -0.2) is 9.59 Å². The number of aliphatic carboxylic acids is 2. The number of carboxylic acid groups (broad SMARTS) is 2. The maximum Gasteiger partial charge on any atom is 0.333 e. The summed E-state index contributed by atoms with van der Waals surface area (Å²) in [7, 11) is 1.97. The van der Waals surface area contributed by atoms with Gasteiger partial charge in [-0.05, 0) is 30.4 Å². The number of carbonyl (C=O) groups excluding carboxylic acids is 1. The molecular weight excluding hydrogens is 422 g/mol. The van der Waals surface area contributed by atoms with Crippen molar-refractivity contribution in [2.75, 3.05) is 39.0 Å². The fourth-order valence-electron chi connectivity index (χ4n) is 3.51. The first-order chi connectivity index (χ1) is 14.8. The van der Waals surface area contributed by atoms with E-state index >= 15 is 0 Å². The molecule has 10 heteroatoms. The van der Waals surface area contributed by atoms with Crippen molar-refractivity contribution in [1.82, 2.24) is 15.1 Å². The second-order valence-corrected chi connectivity index (χ2v) is 8.94. The van der Waals surface area contributed by atoms with Crippen molar-refractivity contribution in [2.24, 2.45) is 0 Å². The van der Waals surface area contributed by atoms with Crippen LogP contribution in [0.15, 0.2) is 57.8 Å². The Balaban J connectivity index is 1.81. The zero-order valence-corrected chi connectivity index (χ0v) is 18.0. The minimum atomic E-state index is -1.53. The van der Waals surface area contributed by atoms with Gasteiger partial charge in [0.05, 0.1) is 23.3 Å². The van der Waals surface area contributed by atoms with Gasteiger partial charge in [-0.1, -0.05) is 18.2 Å². The SMILES string of the molecule is CN1CCN(C(=O)CC2=C(C(=O)O)CC(C(=O)O)=C(C[S+]([O-])c3ccccc3)N2)CC1. The number of likely N-dealkylation sites (N-methyl/N-ethyl adjacent to an activating group) is 1. The molecule has 0 spiro atoms. The summed E-state index contributed by atoms with van der Waals surface area (Å²) in [6.07, 6.45) is -0.524. The molecule has 0 aromatic heterocycles. The number of nitrogens with zero attached hydrogens (tertiary/aromatic N) is 2. The Morgan fingerprint density at radius 1 is 1.00 bits per heavy atom. The second-order valence-electron chi connectivity index (χ2n) is 7.49. The molecule has 0 aliphatic carbocycles. The van der Waals surface area contributed by atoms with Crippen molar-refractivity contribution in [3.63, 3.8) is 0 Å². The van der Waals surface area contributed by atoms with Crippen LogP contribution in [0.1, 0.15) is 12.8 Å². The predicted molar refractivity (Wildman–Crippen MR) is 113 cm³/mol. The second kappa shape index (κ2) is 9.99. The van der Waals surface area contributed by atoms with Crippen LogP contribution >= 0.6 is 0 Å². The normalized spacial score (nSPS) is 18.6. The number of carbonyl (C=O) groups is 3. The van der Waals surface area contributed by atoms with Gasteiger partial charge in [0.25, 0.3) is 0 Å². The lowest BCUT2D eigenvalue weighted by molar-refractivity contribution is -0.133. The summed E-state index contributed by atoms with van der Waals surface area (Å²) in [6.45, 7) is 2.56. The quantitative estimate of drug-likeness (QED) is 0.519. The highest BCUT2D eigenvalue weighted by molar-refractivity contribution is 7.91. The largest absolute Gasteiger partial charge is 0.611 e. The first-order valence-corrected chi connectivity index (χ1v) is 11.2. The molecule has 166 valence electrons. The van der Waals surface area contributed by atoms with E-state index in [-0.39, 0.29) is 47.0 Å². The molecule has 2 aliphatic rings. The molecule has 1 saturated heterocycles. The lowest BCUT2D eigenvalue weighted by Crippen LogP contribution is -2.47. The molecule has 3 rings (SSSR count). The third-order valence-corrected chi connectivity index (χ3v) is 6.71. The number of dihydropyridines is 1. The molecule has 1 amide bonds. The highest BCUT2D eigenvalue weighted by atomic mass is 32.2. The Morgan fingerprint density at radius 3 is 2.16 bits per heavy atom. The van der Waals surface area contributed by atoms with Crippen LogP contribution in [-0.2, 0) is 25.6 Å². The molecule has 1 unspecified atom stereocenters. The van der Waals surface area contributed by atoms with Crippen molar-refractivity contribution in [3.05, 3.63) is 52.9 Å². The summed E-state index contributed by atoms with van der Waals surface area (Å²) in [5.41, 5.74) is 0.00829. The van der Waals surface area contributed by atoms with Crippen LogP contribution in [0.25, 0.3) is 0 Å². The molecule has 1 aromatic rings. The Bertz CT molecular complexity index is 922. The summed E-state index contributed by atoms with van der Waals surface area (Å²) in [5, 5.41) is 22.0. The Kier molecular flexibility index (Phi) is 7.37. The van der Waals surface area contributed by atoms with E-state index in [9.17, 15) is 29.1 Å². The fourth-order valence-corrected chi connectivity index (χ4v) is 4.65. The topological polar surface area (TPSA) is 133 Å². The third kappa shape index (κ3) is 5.66. The van der Waals surface area contributed by atoms with Crippen molar-refractivity contribution < 1.29 is 29.1 Å². The number of benzene rings is 1. The first kappa shape index (κ1) is 22.9. The van der Waals surface area contributed by atoms with E-state index in [1.54, 1.807) is 35.2 Å². The van der Waals surface area contributed by atoms with Gasteiger partial charge >= 0.3 is 11.9 Å². The van der Waals surface area contributed by atoms with Crippen LogP contribution in [0.2, 0.25) is 0 Å². The summed E-state index contributed by atoms with van der Waals surface area (Å²) in [5.74, 6) is -2.91. The standard InChI is InChI=1S/C21H25N3O6S/c1-23-7-9-24(10-8-23)19(25)12-17-15(20(26)27)11-16(21(28)29)18(22-17)13-31(30)14-5-3-2-4-6-14/h2-6,22H,7-13H2,1H3,(H,26,27)(H,28,29). The lowest BCUT2D eigenvalue weighted by Gasteiger charge is -2.33. The average molecular weight is 448 g/mol. The highest BCUT2D eigenvalue weighted by Gasteiger charge is 2.32. The van der Waals surface area contributed by atoms with E-state index in [4.69, 9.17) is 0 Å². The highest BCUT2D eigenvalue weighted by Crippen LogP contribution is 2.28. The smallest absolute Gasteiger partial charge is 0.333 e. The van der Waals surface area contributed by atoms with E-state index < -0.39 is 23.1 Å². The monoisotopic (exact) mass is 447 g/mol. The number of hydrogen-bond donors (Lipinski definition) is 3. The number of nitrogens with one attached hydrogen (secondary N) is 1. The molecule has 0 radical (unpaired) electrons. The number of amides is 1. The summed E-state index contributed by atoms with van der Waals surface area (Å²) < 4.78 is 12.7. The Hall–Kier alpha value is -2.82. The van der Waals surface area contributed by atoms with Crippen LogP contribution < -0.4 is 5.32 Å². The van der Waals surface area contributed by atoms with Crippen molar-refractivity contribution >= 4 is 29.0 Å². The van der Waals surface area contributed by atoms with Gasteiger partial charge in [0.2, 0.25) is 5.91 Å². The van der Waals surface area contributed by atoms with E-state index in [0.717, 1.165) is 13.1 Å². The summed E-state index contributed by atoms with van der Waals surface area (Å²) >= 11 is -1.53. The van der Waals surface area contributed by atoms with Crippen LogP contribution in [0.4, 0.5) is 0 Å². The fraction of sp³-hybridized carbons (Fsp3) is 0.381. The summed E-state index contributed by atoms with van der Waals surface area (Å²) in [4.78, 5) is 40.6.